The Kier molecular flexibility index (Phi) is 15.3. The van der Waals surface area contributed by atoms with E-state index in [4.69, 9.17) is 4.74 Å². The predicted octanol–water partition coefficient (Wildman–Crippen LogP) is 3.51. The van der Waals surface area contributed by atoms with Crippen LogP contribution in [0, 0.1) is 23.7 Å². The van der Waals surface area contributed by atoms with Crippen molar-refractivity contribution in [1.29, 1.82) is 0 Å². The molecule has 1 unspecified atom stereocenters. The molecule has 0 aliphatic heterocycles. The average molecular weight is 528 g/mol. The number of hydrogen-bond donors (Lipinski definition) is 5. The van der Waals surface area contributed by atoms with Gasteiger partial charge in [0.15, 0.2) is 0 Å². The zero-order valence-corrected chi connectivity index (χ0v) is 24.1. The van der Waals surface area contributed by atoms with E-state index in [2.05, 4.69) is 16.0 Å². The first-order chi connectivity index (χ1) is 17.3. The van der Waals surface area contributed by atoms with E-state index in [9.17, 15) is 24.6 Å². The second-order valence-corrected chi connectivity index (χ2v) is 11.8. The lowest BCUT2D eigenvalue weighted by molar-refractivity contribution is -0.133. The number of aliphatic hydroxyl groups excluding tert-OH is 2. The lowest BCUT2D eigenvalue weighted by Crippen LogP contribution is -2.58. The average Bonchev–Trinajstić information content (AvgIpc) is 2.81. The molecular weight excluding hydrogens is 474 g/mol. The number of imide groups is 1. The van der Waals surface area contributed by atoms with Gasteiger partial charge in [-0.3, -0.25) is 14.9 Å². The molecule has 0 spiro atoms. The summed E-state index contributed by atoms with van der Waals surface area (Å²) >= 11 is 0. The third-order valence-electron chi connectivity index (χ3n) is 7.03. The van der Waals surface area contributed by atoms with Gasteiger partial charge in [0.2, 0.25) is 11.8 Å². The number of alkyl carbamates (subject to hydrolysis) is 1. The van der Waals surface area contributed by atoms with Gasteiger partial charge in [-0.15, -0.1) is 0 Å². The van der Waals surface area contributed by atoms with Crippen LogP contribution < -0.4 is 16.0 Å². The van der Waals surface area contributed by atoms with Gasteiger partial charge in [-0.1, -0.05) is 73.6 Å². The maximum Gasteiger partial charge on any atom is 0.407 e. The van der Waals surface area contributed by atoms with Crippen LogP contribution in [0.5, 0.6) is 0 Å². The maximum absolute atomic E-state index is 13.4. The van der Waals surface area contributed by atoms with Gasteiger partial charge in [0.1, 0.15) is 6.04 Å². The minimum Gasteiger partial charge on any atom is -0.450 e. The molecule has 1 fully saturated rings. The van der Waals surface area contributed by atoms with Crippen molar-refractivity contribution in [2.24, 2.45) is 23.7 Å². The van der Waals surface area contributed by atoms with E-state index in [0.717, 1.165) is 25.7 Å². The topological polar surface area (TPSA) is 137 Å². The van der Waals surface area contributed by atoms with Crippen molar-refractivity contribution in [3.05, 3.63) is 0 Å². The van der Waals surface area contributed by atoms with E-state index in [1.807, 2.05) is 41.5 Å². The van der Waals surface area contributed by atoms with Crippen molar-refractivity contribution in [1.82, 2.24) is 16.0 Å². The van der Waals surface area contributed by atoms with Crippen molar-refractivity contribution in [3.63, 3.8) is 0 Å². The van der Waals surface area contributed by atoms with Crippen molar-refractivity contribution < 1.29 is 29.3 Å². The highest BCUT2D eigenvalue weighted by atomic mass is 16.5. The Labute approximate surface area is 223 Å². The van der Waals surface area contributed by atoms with Crippen LogP contribution in [0.4, 0.5) is 4.79 Å². The standard InChI is InChI=1S/C28H53N3O6/c1-8-37-28(36)30-23(15-18(4)5)27(35)31-26(34)22(14-17(2)3)29-21(25(33)24(32)19(6)7)16-20-12-10-9-11-13-20/h17-25,29,32-33H,8-16H2,1-7H3,(H,30,36)(H,31,34,35)/t21-,22+,23-,24-,25?/m0/s1. The largest absolute Gasteiger partial charge is 0.450 e. The van der Waals surface area contributed by atoms with Crippen LogP contribution in [0.2, 0.25) is 0 Å². The SMILES string of the molecule is CCOC(=O)N[C@@H](CC(C)C)C(=O)NC(=O)[C@@H](CC(C)C)N[C@@H](CC1CCCCC1)C(O)[C@@H](O)C(C)C. The van der Waals surface area contributed by atoms with Gasteiger partial charge in [0, 0.05) is 6.04 Å². The van der Waals surface area contributed by atoms with E-state index in [1.54, 1.807) is 6.92 Å². The fourth-order valence-corrected chi connectivity index (χ4v) is 5.01. The highest BCUT2D eigenvalue weighted by Gasteiger charge is 2.35. The highest BCUT2D eigenvalue weighted by Crippen LogP contribution is 2.29. The van der Waals surface area contributed by atoms with Gasteiger partial charge in [-0.25, -0.2) is 4.79 Å². The third kappa shape index (κ3) is 12.6. The van der Waals surface area contributed by atoms with Gasteiger partial charge in [-0.2, -0.15) is 0 Å². The van der Waals surface area contributed by atoms with E-state index in [-0.39, 0.29) is 24.4 Å². The van der Waals surface area contributed by atoms with Crippen molar-refractivity contribution in [2.45, 2.75) is 130 Å². The molecule has 1 saturated carbocycles. The molecule has 3 amide bonds. The molecule has 9 heteroatoms. The zero-order valence-electron chi connectivity index (χ0n) is 24.1. The molecule has 0 bridgehead atoms. The predicted molar refractivity (Wildman–Crippen MR) is 145 cm³/mol. The number of amides is 3. The summed E-state index contributed by atoms with van der Waals surface area (Å²) in [4.78, 5) is 38.4. The summed E-state index contributed by atoms with van der Waals surface area (Å²) in [6.45, 7) is 13.4. The molecule has 0 aromatic heterocycles. The highest BCUT2D eigenvalue weighted by molar-refractivity contribution is 6.00. The number of aliphatic hydroxyl groups is 2. The van der Waals surface area contributed by atoms with E-state index in [0.29, 0.717) is 25.2 Å². The molecule has 0 heterocycles. The van der Waals surface area contributed by atoms with Crippen molar-refractivity contribution in [2.75, 3.05) is 6.61 Å². The molecule has 0 aromatic rings. The van der Waals surface area contributed by atoms with Crippen molar-refractivity contribution >= 4 is 17.9 Å². The summed E-state index contributed by atoms with van der Waals surface area (Å²) < 4.78 is 4.92. The van der Waals surface area contributed by atoms with Crippen LogP contribution >= 0.6 is 0 Å². The van der Waals surface area contributed by atoms with Crippen LogP contribution in [0.15, 0.2) is 0 Å². The number of hydrogen-bond acceptors (Lipinski definition) is 7. The molecule has 1 aliphatic carbocycles. The summed E-state index contributed by atoms with van der Waals surface area (Å²) in [6.07, 6.45) is 4.42. The van der Waals surface area contributed by atoms with E-state index >= 15 is 0 Å². The first-order valence-electron chi connectivity index (χ1n) is 14.3. The Morgan fingerprint density at radius 3 is 1.89 bits per heavy atom. The Morgan fingerprint density at radius 1 is 0.838 bits per heavy atom. The van der Waals surface area contributed by atoms with Crippen LogP contribution in [-0.4, -0.2) is 65.1 Å². The Morgan fingerprint density at radius 2 is 1.38 bits per heavy atom. The smallest absolute Gasteiger partial charge is 0.407 e. The van der Waals surface area contributed by atoms with E-state index in [1.165, 1.54) is 6.42 Å². The molecule has 5 atom stereocenters. The molecule has 0 radical (unpaired) electrons. The Bertz CT molecular complexity index is 693. The quantitative estimate of drug-likeness (QED) is 0.220. The fraction of sp³-hybridized carbons (Fsp3) is 0.893. The molecule has 9 nitrogen and oxygen atoms in total. The minimum atomic E-state index is -1.04. The number of ether oxygens (including phenoxy) is 1. The monoisotopic (exact) mass is 527 g/mol. The fourth-order valence-electron chi connectivity index (χ4n) is 5.01. The first-order valence-corrected chi connectivity index (χ1v) is 14.3. The van der Waals surface area contributed by atoms with Crippen LogP contribution in [0.3, 0.4) is 0 Å². The van der Waals surface area contributed by atoms with Gasteiger partial charge in [0.25, 0.3) is 0 Å². The molecule has 5 N–H and O–H groups in total. The molecule has 1 rings (SSSR count). The molecular formula is C28H53N3O6. The second-order valence-electron chi connectivity index (χ2n) is 11.8. The van der Waals surface area contributed by atoms with Crippen LogP contribution in [0.1, 0.15) is 99.8 Å². The Hall–Kier alpha value is -1.71. The Balaban J connectivity index is 3.07. The molecule has 0 saturated heterocycles. The lowest BCUT2D eigenvalue weighted by atomic mass is 9.81. The summed E-state index contributed by atoms with van der Waals surface area (Å²) in [5, 5.41) is 30.1. The minimum absolute atomic E-state index is 0.102. The van der Waals surface area contributed by atoms with Gasteiger partial charge in [-0.05, 0) is 49.9 Å². The molecule has 0 aromatic carbocycles. The number of carbonyl (C=O) groups excluding carboxylic acids is 3. The summed E-state index contributed by atoms with van der Waals surface area (Å²) in [5.41, 5.74) is 0. The zero-order chi connectivity index (χ0) is 28.1. The first kappa shape index (κ1) is 33.3. The third-order valence-corrected chi connectivity index (χ3v) is 7.03. The lowest BCUT2D eigenvalue weighted by Gasteiger charge is -2.36. The van der Waals surface area contributed by atoms with E-state index < -0.39 is 48.2 Å². The van der Waals surface area contributed by atoms with Gasteiger partial charge < -0.3 is 25.6 Å². The number of carbonyl (C=O) groups is 3. The molecule has 1 aliphatic rings. The number of rotatable bonds is 15. The van der Waals surface area contributed by atoms with Gasteiger partial charge >= 0.3 is 6.09 Å². The van der Waals surface area contributed by atoms with Crippen LogP contribution in [0.25, 0.3) is 0 Å². The van der Waals surface area contributed by atoms with Crippen molar-refractivity contribution in [3.8, 4) is 0 Å². The summed E-state index contributed by atoms with van der Waals surface area (Å²) in [5.74, 6) is -0.578. The molecule has 37 heavy (non-hydrogen) atoms. The normalized spacial score (nSPS) is 18.8. The summed E-state index contributed by atoms with van der Waals surface area (Å²) in [6, 6.07) is -2.14. The second kappa shape index (κ2) is 17.0. The van der Waals surface area contributed by atoms with Crippen LogP contribution in [-0.2, 0) is 14.3 Å². The van der Waals surface area contributed by atoms with Gasteiger partial charge in [0.05, 0.1) is 24.9 Å². The summed E-state index contributed by atoms with van der Waals surface area (Å²) in [7, 11) is 0. The molecule has 216 valence electrons. The number of nitrogens with one attached hydrogen (secondary N) is 3. The maximum atomic E-state index is 13.4.